The maximum atomic E-state index is 12.7. The zero-order valence-electron chi connectivity index (χ0n) is 7.81. The first kappa shape index (κ1) is 9.54. The second kappa shape index (κ2) is 4.02. The lowest BCUT2D eigenvalue weighted by molar-refractivity contribution is 0.628. The summed E-state index contributed by atoms with van der Waals surface area (Å²) < 4.78 is 12.7. The number of aromatic nitrogens is 2. The van der Waals surface area contributed by atoms with Crippen LogP contribution in [-0.4, -0.2) is 9.97 Å². The van der Waals surface area contributed by atoms with Gasteiger partial charge in [0.05, 0.1) is 0 Å². The van der Waals surface area contributed by atoms with E-state index in [4.69, 9.17) is 5.84 Å². The minimum absolute atomic E-state index is 0.287. The smallest absolute Gasteiger partial charge is 0.166 e. The average molecular weight is 204 g/mol. The van der Waals surface area contributed by atoms with Gasteiger partial charge in [0.2, 0.25) is 0 Å². The standard InChI is InChI=1S/C10H9FN4/c11-8-3-1-7(2-4-8)9-10(15-12)14-6-5-13-9/h1-6H,12H2,(H,14,15). The molecular formula is C10H9FN4. The number of halogens is 1. The first-order chi connectivity index (χ1) is 7.31. The Balaban J connectivity index is 2.49. The minimum atomic E-state index is -0.287. The molecule has 0 radical (unpaired) electrons. The fourth-order valence-corrected chi connectivity index (χ4v) is 1.26. The van der Waals surface area contributed by atoms with Crippen molar-refractivity contribution in [3.8, 4) is 11.3 Å². The number of hydrazine groups is 1. The van der Waals surface area contributed by atoms with E-state index in [1.165, 1.54) is 18.3 Å². The number of anilines is 1. The highest BCUT2D eigenvalue weighted by Crippen LogP contribution is 2.22. The highest BCUT2D eigenvalue weighted by molar-refractivity contribution is 5.70. The maximum absolute atomic E-state index is 12.7. The zero-order valence-corrected chi connectivity index (χ0v) is 7.81. The van der Waals surface area contributed by atoms with Crippen molar-refractivity contribution in [3.63, 3.8) is 0 Å². The monoisotopic (exact) mass is 204 g/mol. The lowest BCUT2D eigenvalue weighted by atomic mass is 10.1. The molecule has 0 bridgehead atoms. The van der Waals surface area contributed by atoms with E-state index >= 15 is 0 Å². The molecular weight excluding hydrogens is 195 g/mol. The Morgan fingerprint density at radius 3 is 2.40 bits per heavy atom. The molecule has 5 heteroatoms. The van der Waals surface area contributed by atoms with Crippen molar-refractivity contribution in [2.24, 2.45) is 5.84 Å². The third-order valence-corrected chi connectivity index (χ3v) is 1.95. The molecule has 76 valence electrons. The molecule has 0 saturated heterocycles. The Bertz CT molecular complexity index is 455. The summed E-state index contributed by atoms with van der Waals surface area (Å²) >= 11 is 0. The van der Waals surface area contributed by atoms with Crippen LogP contribution in [0.4, 0.5) is 10.2 Å². The van der Waals surface area contributed by atoms with Crippen molar-refractivity contribution >= 4 is 5.82 Å². The minimum Gasteiger partial charge on any atom is -0.307 e. The van der Waals surface area contributed by atoms with Gasteiger partial charge in [0, 0.05) is 18.0 Å². The first-order valence-electron chi connectivity index (χ1n) is 4.35. The van der Waals surface area contributed by atoms with Crippen LogP contribution >= 0.6 is 0 Å². The van der Waals surface area contributed by atoms with Gasteiger partial charge in [0.1, 0.15) is 11.5 Å². The zero-order chi connectivity index (χ0) is 10.7. The van der Waals surface area contributed by atoms with E-state index in [0.717, 1.165) is 5.56 Å². The number of rotatable bonds is 2. The quantitative estimate of drug-likeness (QED) is 0.575. The molecule has 0 atom stereocenters. The fraction of sp³-hybridized carbons (Fsp3) is 0. The number of nitrogens with two attached hydrogens (primary N) is 1. The van der Waals surface area contributed by atoms with E-state index in [9.17, 15) is 4.39 Å². The summed E-state index contributed by atoms with van der Waals surface area (Å²) in [4.78, 5) is 8.13. The SMILES string of the molecule is NNc1nccnc1-c1ccc(F)cc1. The topological polar surface area (TPSA) is 63.8 Å². The Hall–Kier alpha value is -2.01. The third-order valence-electron chi connectivity index (χ3n) is 1.95. The van der Waals surface area contributed by atoms with E-state index in [2.05, 4.69) is 15.4 Å². The molecule has 15 heavy (non-hydrogen) atoms. The van der Waals surface area contributed by atoms with Gasteiger partial charge in [-0.3, -0.25) is 4.98 Å². The summed E-state index contributed by atoms with van der Waals surface area (Å²) in [6, 6.07) is 5.98. The highest BCUT2D eigenvalue weighted by Gasteiger charge is 2.05. The van der Waals surface area contributed by atoms with Crippen LogP contribution in [-0.2, 0) is 0 Å². The predicted molar refractivity (Wildman–Crippen MR) is 55.2 cm³/mol. The highest BCUT2D eigenvalue weighted by atomic mass is 19.1. The predicted octanol–water partition coefficient (Wildman–Crippen LogP) is 1.57. The fourth-order valence-electron chi connectivity index (χ4n) is 1.26. The van der Waals surface area contributed by atoms with Gasteiger partial charge < -0.3 is 5.43 Å². The van der Waals surface area contributed by atoms with Crippen LogP contribution in [0.25, 0.3) is 11.3 Å². The molecule has 0 aliphatic rings. The van der Waals surface area contributed by atoms with Gasteiger partial charge in [-0.25, -0.2) is 15.2 Å². The molecule has 2 rings (SSSR count). The molecule has 0 saturated carbocycles. The van der Waals surface area contributed by atoms with Crippen molar-refractivity contribution in [3.05, 3.63) is 42.5 Å². The molecule has 1 aromatic heterocycles. The number of nitrogens with zero attached hydrogens (tertiary/aromatic N) is 2. The Morgan fingerprint density at radius 2 is 1.73 bits per heavy atom. The van der Waals surface area contributed by atoms with E-state index < -0.39 is 0 Å². The summed E-state index contributed by atoms with van der Waals surface area (Å²) in [7, 11) is 0. The van der Waals surface area contributed by atoms with Gasteiger partial charge in [0.15, 0.2) is 5.82 Å². The van der Waals surface area contributed by atoms with Crippen LogP contribution in [0, 0.1) is 5.82 Å². The summed E-state index contributed by atoms with van der Waals surface area (Å²) in [5.74, 6) is 5.47. The van der Waals surface area contributed by atoms with Gasteiger partial charge in [-0.05, 0) is 24.3 Å². The molecule has 0 unspecified atom stereocenters. The van der Waals surface area contributed by atoms with E-state index in [1.54, 1.807) is 18.3 Å². The van der Waals surface area contributed by atoms with Gasteiger partial charge in [-0.2, -0.15) is 0 Å². The van der Waals surface area contributed by atoms with Crippen LogP contribution in [0.3, 0.4) is 0 Å². The molecule has 2 aromatic rings. The maximum Gasteiger partial charge on any atom is 0.166 e. The second-order valence-corrected chi connectivity index (χ2v) is 2.90. The van der Waals surface area contributed by atoms with E-state index in [1.807, 2.05) is 0 Å². The van der Waals surface area contributed by atoms with Gasteiger partial charge in [0.25, 0.3) is 0 Å². The van der Waals surface area contributed by atoms with Crippen LogP contribution in [0.15, 0.2) is 36.7 Å². The second-order valence-electron chi connectivity index (χ2n) is 2.90. The number of nitrogens with one attached hydrogen (secondary N) is 1. The van der Waals surface area contributed by atoms with Gasteiger partial charge >= 0.3 is 0 Å². The molecule has 0 spiro atoms. The lowest BCUT2D eigenvalue weighted by Crippen LogP contribution is -2.10. The Morgan fingerprint density at radius 1 is 1.07 bits per heavy atom. The number of hydrogen-bond donors (Lipinski definition) is 2. The lowest BCUT2D eigenvalue weighted by Gasteiger charge is -2.05. The van der Waals surface area contributed by atoms with Crippen LogP contribution in [0.2, 0.25) is 0 Å². The molecule has 1 aromatic carbocycles. The van der Waals surface area contributed by atoms with Crippen LogP contribution in [0.1, 0.15) is 0 Å². The average Bonchev–Trinajstić information content (AvgIpc) is 2.30. The van der Waals surface area contributed by atoms with Crippen LogP contribution < -0.4 is 11.3 Å². The molecule has 0 aliphatic heterocycles. The van der Waals surface area contributed by atoms with Crippen LogP contribution in [0.5, 0.6) is 0 Å². The van der Waals surface area contributed by atoms with Crippen molar-refractivity contribution in [2.45, 2.75) is 0 Å². The molecule has 0 amide bonds. The third kappa shape index (κ3) is 1.92. The largest absolute Gasteiger partial charge is 0.307 e. The number of hydrogen-bond acceptors (Lipinski definition) is 4. The normalized spacial score (nSPS) is 10.0. The number of nitrogen functional groups attached to an aromatic ring is 1. The Kier molecular flexibility index (Phi) is 2.55. The van der Waals surface area contributed by atoms with Gasteiger partial charge in [-0.1, -0.05) is 0 Å². The summed E-state index contributed by atoms with van der Waals surface area (Å²) in [6.45, 7) is 0. The molecule has 4 nitrogen and oxygen atoms in total. The van der Waals surface area contributed by atoms with E-state index in [0.29, 0.717) is 11.5 Å². The summed E-state index contributed by atoms with van der Waals surface area (Å²) in [6.07, 6.45) is 3.09. The van der Waals surface area contributed by atoms with E-state index in [-0.39, 0.29) is 5.82 Å². The molecule has 3 N–H and O–H groups in total. The van der Waals surface area contributed by atoms with Crippen molar-refractivity contribution < 1.29 is 4.39 Å². The van der Waals surface area contributed by atoms with Crippen molar-refractivity contribution in [2.75, 3.05) is 5.43 Å². The molecule has 1 heterocycles. The first-order valence-corrected chi connectivity index (χ1v) is 4.35. The molecule has 0 fully saturated rings. The van der Waals surface area contributed by atoms with Gasteiger partial charge in [-0.15, -0.1) is 0 Å². The number of benzene rings is 1. The Labute approximate surface area is 86.0 Å². The molecule has 0 aliphatic carbocycles. The van der Waals surface area contributed by atoms with Crippen molar-refractivity contribution in [1.82, 2.24) is 9.97 Å². The van der Waals surface area contributed by atoms with Crippen molar-refractivity contribution in [1.29, 1.82) is 0 Å². The summed E-state index contributed by atoms with van der Waals surface area (Å²) in [5.41, 5.74) is 3.80. The summed E-state index contributed by atoms with van der Waals surface area (Å²) in [5, 5.41) is 0.